The maximum absolute atomic E-state index is 10.4. The minimum Gasteiger partial charge on any atom is -0.384 e. The number of hydrogen-bond donors (Lipinski definition) is 1. The number of aryl methyl sites for hydroxylation is 3. The molecule has 0 saturated carbocycles. The zero-order valence-electron chi connectivity index (χ0n) is 10.5. The molecule has 0 aliphatic heterocycles. The Bertz CT molecular complexity index is 496. The summed E-state index contributed by atoms with van der Waals surface area (Å²) in [5.74, 6) is 0. The lowest BCUT2D eigenvalue weighted by molar-refractivity contribution is 0.218. The van der Waals surface area contributed by atoms with E-state index in [2.05, 4.69) is 5.10 Å². The van der Waals surface area contributed by atoms with Gasteiger partial charge in [0.05, 0.1) is 6.20 Å². The van der Waals surface area contributed by atoms with Crippen molar-refractivity contribution in [3.63, 3.8) is 0 Å². The van der Waals surface area contributed by atoms with Crippen LogP contribution >= 0.6 is 0 Å². The maximum atomic E-state index is 10.4. The molecule has 2 aromatic rings. The highest BCUT2D eigenvalue weighted by atomic mass is 16.3. The van der Waals surface area contributed by atoms with E-state index in [0.29, 0.717) is 0 Å². The topological polar surface area (TPSA) is 38.0 Å². The van der Waals surface area contributed by atoms with Crippen LogP contribution in [0.2, 0.25) is 0 Å². The second-order valence-electron chi connectivity index (χ2n) is 4.34. The lowest BCUT2D eigenvalue weighted by atomic mass is 9.95. The van der Waals surface area contributed by atoms with Gasteiger partial charge in [-0.15, -0.1) is 0 Å². The van der Waals surface area contributed by atoms with Crippen LogP contribution in [0, 0.1) is 13.8 Å². The van der Waals surface area contributed by atoms with Gasteiger partial charge in [-0.05, 0) is 37.5 Å². The number of rotatable bonds is 3. The van der Waals surface area contributed by atoms with E-state index < -0.39 is 6.10 Å². The molecular weight excluding hydrogens is 212 g/mol. The van der Waals surface area contributed by atoms with Gasteiger partial charge >= 0.3 is 0 Å². The summed E-state index contributed by atoms with van der Waals surface area (Å²) in [5.41, 5.74) is 4.07. The molecule has 1 aromatic heterocycles. The van der Waals surface area contributed by atoms with E-state index in [9.17, 15) is 5.11 Å². The van der Waals surface area contributed by atoms with E-state index in [0.717, 1.165) is 28.8 Å². The molecule has 1 unspecified atom stereocenters. The highest BCUT2D eigenvalue weighted by Crippen LogP contribution is 2.27. The van der Waals surface area contributed by atoms with E-state index >= 15 is 0 Å². The SMILES string of the molecule is CCn1cc(C(O)c2c(C)cccc2C)cn1. The lowest BCUT2D eigenvalue weighted by Crippen LogP contribution is -2.03. The Morgan fingerprint density at radius 3 is 2.47 bits per heavy atom. The molecule has 0 saturated heterocycles. The molecule has 3 nitrogen and oxygen atoms in total. The predicted molar refractivity (Wildman–Crippen MR) is 67.9 cm³/mol. The van der Waals surface area contributed by atoms with Crippen molar-refractivity contribution in [2.45, 2.75) is 33.4 Å². The van der Waals surface area contributed by atoms with Crippen LogP contribution in [0.15, 0.2) is 30.6 Å². The van der Waals surface area contributed by atoms with Crippen molar-refractivity contribution in [2.75, 3.05) is 0 Å². The number of aromatic nitrogens is 2. The summed E-state index contributed by atoms with van der Waals surface area (Å²) in [5, 5.41) is 14.6. The zero-order chi connectivity index (χ0) is 12.4. The van der Waals surface area contributed by atoms with Gasteiger partial charge in [0.15, 0.2) is 0 Å². The van der Waals surface area contributed by atoms with Crippen LogP contribution in [-0.4, -0.2) is 14.9 Å². The highest BCUT2D eigenvalue weighted by molar-refractivity contribution is 5.39. The van der Waals surface area contributed by atoms with Crippen LogP contribution in [0.5, 0.6) is 0 Å². The largest absolute Gasteiger partial charge is 0.384 e. The summed E-state index contributed by atoms with van der Waals surface area (Å²) in [6, 6.07) is 6.06. The third-order valence-electron chi connectivity index (χ3n) is 3.11. The Morgan fingerprint density at radius 2 is 1.94 bits per heavy atom. The minimum atomic E-state index is -0.587. The van der Waals surface area contributed by atoms with Crippen LogP contribution in [0.3, 0.4) is 0 Å². The average molecular weight is 230 g/mol. The summed E-state index contributed by atoms with van der Waals surface area (Å²) in [6.45, 7) is 6.90. The minimum absolute atomic E-state index is 0.587. The molecule has 0 fully saturated rings. The fourth-order valence-electron chi connectivity index (χ4n) is 2.12. The molecule has 1 atom stereocenters. The van der Waals surface area contributed by atoms with Crippen LogP contribution in [-0.2, 0) is 6.54 Å². The van der Waals surface area contributed by atoms with Gasteiger partial charge in [0.1, 0.15) is 6.10 Å². The first-order valence-electron chi connectivity index (χ1n) is 5.90. The molecule has 0 amide bonds. The number of aliphatic hydroxyl groups is 1. The summed E-state index contributed by atoms with van der Waals surface area (Å²) < 4.78 is 1.83. The summed E-state index contributed by atoms with van der Waals surface area (Å²) in [7, 11) is 0. The summed E-state index contributed by atoms with van der Waals surface area (Å²) in [4.78, 5) is 0. The third kappa shape index (κ3) is 2.24. The monoisotopic (exact) mass is 230 g/mol. The van der Waals surface area contributed by atoms with Gasteiger partial charge in [-0.25, -0.2) is 0 Å². The van der Waals surface area contributed by atoms with Crippen LogP contribution in [0.1, 0.15) is 35.3 Å². The first-order valence-corrected chi connectivity index (χ1v) is 5.90. The Balaban J connectivity index is 2.39. The second-order valence-corrected chi connectivity index (χ2v) is 4.34. The van der Waals surface area contributed by atoms with E-state index in [1.165, 1.54) is 0 Å². The standard InChI is InChI=1S/C14H18N2O/c1-4-16-9-12(8-15-16)14(17)13-10(2)6-5-7-11(13)3/h5-9,14,17H,4H2,1-3H3. The Morgan fingerprint density at radius 1 is 1.29 bits per heavy atom. The number of nitrogens with zero attached hydrogens (tertiary/aromatic N) is 2. The van der Waals surface area contributed by atoms with Crippen molar-refractivity contribution < 1.29 is 5.11 Å². The normalized spacial score (nSPS) is 12.7. The van der Waals surface area contributed by atoms with Crippen LogP contribution in [0.4, 0.5) is 0 Å². The number of hydrogen-bond acceptors (Lipinski definition) is 2. The van der Waals surface area contributed by atoms with Gasteiger partial charge < -0.3 is 5.11 Å². The summed E-state index contributed by atoms with van der Waals surface area (Å²) in [6.07, 6.45) is 3.05. The first kappa shape index (κ1) is 11.9. The lowest BCUT2D eigenvalue weighted by Gasteiger charge is -2.15. The average Bonchev–Trinajstić information content (AvgIpc) is 2.77. The number of benzene rings is 1. The molecule has 90 valence electrons. The van der Waals surface area contributed by atoms with Crippen molar-refractivity contribution >= 4 is 0 Å². The van der Waals surface area contributed by atoms with E-state index in [1.807, 2.05) is 49.8 Å². The Kier molecular flexibility index (Phi) is 3.29. The molecule has 17 heavy (non-hydrogen) atoms. The van der Waals surface area contributed by atoms with Gasteiger partial charge in [-0.3, -0.25) is 4.68 Å². The van der Waals surface area contributed by atoms with Gasteiger partial charge in [0.2, 0.25) is 0 Å². The zero-order valence-corrected chi connectivity index (χ0v) is 10.5. The summed E-state index contributed by atoms with van der Waals surface area (Å²) >= 11 is 0. The molecular formula is C14H18N2O. The predicted octanol–water partition coefficient (Wildman–Crippen LogP) is 2.60. The van der Waals surface area contributed by atoms with Crippen LogP contribution in [0.25, 0.3) is 0 Å². The second kappa shape index (κ2) is 4.72. The molecule has 0 bridgehead atoms. The molecule has 0 aliphatic carbocycles. The molecule has 2 rings (SSSR count). The molecule has 1 heterocycles. The molecule has 1 aromatic carbocycles. The molecule has 3 heteroatoms. The van der Waals surface area contributed by atoms with Crippen molar-refractivity contribution in [2.24, 2.45) is 0 Å². The maximum Gasteiger partial charge on any atom is 0.108 e. The molecule has 0 aliphatic rings. The quantitative estimate of drug-likeness (QED) is 0.880. The number of aliphatic hydroxyl groups excluding tert-OH is 1. The molecule has 0 spiro atoms. The van der Waals surface area contributed by atoms with Gasteiger partial charge in [0, 0.05) is 18.3 Å². The first-order chi connectivity index (χ1) is 8.13. The third-order valence-corrected chi connectivity index (χ3v) is 3.11. The van der Waals surface area contributed by atoms with Crippen molar-refractivity contribution in [3.05, 3.63) is 52.8 Å². The van der Waals surface area contributed by atoms with Crippen molar-refractivity contribution in [1.82, 2.24) is 9.78 Å². The van der Waals surface area contributed by atoms with Crippen molar-refractivity contribution in [3.8, 4) is 0 Å². The Labute approximate surface area is 102 Å². The highest BCUT2D eigenvalue weighted by Gasteiger charge is 2.16. The molecule has 0 radical (unpaired) electrons. The van der Waals surface area contributed by atoms with Crippen LogP contribution < -0.4 is 0 Å². The fourth-order valence-corrected chi connectivity index (χ4v) is 2.12. The van der Waals surface area contributed by atoms with Gasteiger partial charge in [0.25, 0.3) is 0 Å². The van der Waals surface area contributed by atoms with Gasteiger partial charge in [-0.2, -0.15) is 5.10 Å². The molecule has 1 N–H and O–H groups in total. The fraction of sp³-hybridized carbons (Fsp3) is 0.357. The Hall–Kier alpha value is -1.61. The smallest absolute Gasteiger partial charge is 0.108 e. The van der Waals surface area contributed by atoms with Gasteiger partial charge in [-0.1, -0.05) is 18.2 Å². The van der Waals surface area contributed by atoms with Crippen molar-refractivity contribution in [1.29, 1.82) is 0 Å². The van der Waals surface area contributed by atoms with E-state index in [1.54, 1.807) is 6.20 Å². The van der Waals surface area contributed by atoms with E-state index in [-0.39, 0.29) is 0 Å². The van der Waals surface area contributed by atoms with E-state index in [4.69, 9.17) is 0 Å².